The van der Waals surface area contributed by atoms with Crippen molar-refractivity contribution in [1.82, 2.24) is 0 Å². The standard InChI is InChI=1S/C5H5O3PS/c1-3-5-4-7-9(10,6-2)8-5/h1,4H,2H3. The van der Waals surface area contributed by atoms with E-state index in [1.807, 2.05) is 0 Å². The van der Waals surface area contributed by atoms with Crippen LogP contribution in [0.2, 0.25) is 0 Å². The van der Waals surface area contributed by atoms with Crippen LogP contribution in [-0.4, -0.2) is 7.11 Å². The molecule has 0 N–H and O–H groups in total. The minimum Gasteiger partial charge on any atom is -0.419 e. The van der Waals surface area contributed by atoms with Crippen molar-refractivity contribution < 1.29 is 13.6 Å². The molecule has 0 spiro atoms. The SMILES string of the molecule is C#CC1=COP(=S)(OC)O1. The van der Waals surface area contributed by atoms with Crippen LogP contribution in [0.25, 0.3) is 0 Å². The zero-order valence-corrected chi connectivity index (χ0v) is 6.95. The van der Waals surface area contributed by atoms with E-state index < -0.39 is 6.72 Å². The summed E-state index contributed by atoms with van der Waals surface area (Å²) in [7, 11) is 1.42. The molecule has 0 bridgehead atoms. The maximum absolute atomic E-state index is 5.00. The molecule has 1 atom stereocenters. The van der Waals surface area contributed by atoms with Crippen molar-refractivity contribution in [2.45, 2.75) is 0 Å². The van der Waals surface area contributed by atoms with E-state index in [1.54, 1.807) is 0 Å². The van der Waals surface area contributed by atoms with Crippen LogP contribution >= 0.6 is 6.72 Å². The zero-order chi connectivity index (χ0) is 7.61. The summed E-state index contributed by atoms with van der Waals surface area (Å²) >= 11 is 4.81. The molecule has 3 nitrogen and oxygen atoms in total. The number of hydrogen-bond acceptors (Lipinski definition) is 4. The lowest BCUT2D eigenvalue weighted by atomic mass is 10.6. The highest BCUT2D eigenvalue weighted by molar-refractivity contribution is 8.07. The molecule has 54 valence electrons. The molecule has 0 saturated carbocycles. The van der Waals surface area contributed by atoms with E-state index in [4.69, 9.17) is 31.8 Å². The first-order valence-corrected chi connectivity index (χ1v) is 4.96. The first-order valence-electron chi connectivity index (χ1n) is 2.41. The van der Waals surface area contributed by atoms with Crippen molar-refractivity contribution in [2.75, 3.05) is 7.11 Å². The summed E-state index contributed by atoms with van der Waals surface area (Å²) in [5.74, 6) is 2.54. The van der Waals surface area contributed by atoms with Gasteiger partial charge in [0.25, 0.3) is 0 Å². The van der Waals surface area contributed by atoms with E-state index in [0.717, 1.165) is 0 Å². The molecule has 5 heteroatoms. The summed E-state index contributed by atoms with van der Waals surface area (Å²) in [6.07, 6.45) is 6.30. The Bertz CT molecular complexity index is 252. The highest BCUT2D eigenvalue weighted by atomic mass is 32.5. The number of hydrogen-bond donors (Lipinski definition) is 0. The number of terminal acetylenes is 1. The van der Waals surface area contributed by atoms with E-state index in [2.05, 4.69) is 5.92 Å². The second-order valence-electron chi connectivity index (χ2n) is 1.45. The molecule has 1 aliphatic heterocycles. The molecule has 1 rings (SSSR count). The smallest absolute Gasteiger partial charge is 0.419 e. The van der Waals surface area contributed by atoms with Gasteiger partial charge in [0.05, 0.1) is 0 Å². The molecule has 0 aromatic rings. The normalized spacial score (nSPS) is 29.8. The Morgan fingerprint density at radius 1 is 1.90 bits per heavy atom. The molecule has 1 heterocycles. The van der Waals surface area contributed by atoms with E-state index >= 15 is 0 Å². The second-order valence-corrected chi connectivity index (χ2v) is 4.45. The monoisotopic (exact) mass is 176 g/mol. The van der Waals surface area contributed by atoms with Crippen LogP contribution in [-0.2, 0) is 25.4 Å². The summed E-state index contributed by atoms with van der Waals surface area (Å²) in [5, 5.41) is 0. The second kappa shape index (κ2) is 2.63. The van der Waals surface area contributed by atoms with Crippen molar-refractivity contribution >= 4 is 18.5 Å². The maximum Gasteiger partial charge on any atom is 0.434 e. The van der Waals surface area contributed by atoms with Gasteiger partial charge in [0, 0.05) is 18.9 Å². The van der Waals surface area contributed by atoms with Gasteiger partial charge < -0.3 is 9.05 Å². The van der Waals surface area contributed by atoms with Gasteiger partial charge in [0.2, 0.25) is 5.76 Å². The molecule has 10 heavy (non-hydrogen) atoms. The topological polar surface area (TPSA) is 27.7 Å². The molecule has 1 unspecified atom stereocenters. The summed E-state index contributed by atoms with van der Waals surface area (Å²) in [4.78, 5) is 0. The van der Waals surface area contributed by atoms with Crippen molar-refractivity contribution in [3.63, 3.8) is 0 Å². The third-order valence-electron chi connectivity index (χ3n) is 0.865. The summed E-state index contributed by atoms with van der Waals surface area (Å²) < 4.78 is 14.6. The molecule has 0 amide bonds. The van der Waals surface area contributed by atoms with Crippen LogP contribution in [0.1, 0.15) is 0 Å². The summed E-state index contributed by atoms with van der Waals surface area (Å²) in [6.45, 7) is -2.53. The highest BCUT2D eigenvalue weighted by Gasteiger charge is 2.27. The third kappa shape index (κ3) is 1.32. The highest BCUT2D eigenvalue weighted by Crippen LogP contribution is 2.55. The van der Waals surface area contributed by atoms with Gasteiger partial charge in [-0.3, -0.25) is 4.52 Å². The Hall–Kier alpha value is -0.490. The molecule has 0 radical (unpaired) electrons. The van der Waals surface area contributed by atoms with E-state index in [0.29, 0.717) is 5.76 Å². The Morgan fingerprint density at radius 2 is 2.60 bits per heavy atom. The lowest BCUT2D eigenvalue weighted by molar-refractivity contribution is 0.304. The van der Waals surface area contributed by atoms with Crippen LogP contribution in [0.15, 0.2) is 12.0 Å². The van der Waals surface area contributed by atoms with Crippen molar-refractivity contribution in [3.05, 3.63) is 12.0 Å². The van der Waals surface area contributed by atoms with Crippen molar-refractivity contribution in [2.24, 2.45) is 0 Å². The molecule has 0 aliphatic carbocycles. The van der Waals surface area contributed by atoms with Crippen LogP contribution in [0.4, 0.5) is 0 Å². The van der Waals surface area contributed by atoms with E-state index in [-0.39, 0.29) is 0 Å². The van der Waals surface area contributed by atoms with Gasteiger partial charge in [-0.1, -0.05) is 0 Å². The van der Waals surface area contributed by atoms with Crippen molar-refractivity contribution in [1.29, 1.82) is 0 Å². The average Bonchev–Trinajstić information content (AvgIpc) is 2.33. The maximum atomic E-state index is 5.00. The lowest BCUT2D eigenvalue weighted by Gasteiger charge is -2.09. The first kappa shape index (κ1) is 7.62. The van der Waals surface area contributed by atoms with Gasteiger partial charge in [0.15, 0.2) is 0 Å². The van der Waals surface area contributed by atoms with Gasteiger partial charge in [-0.25, -0.2) is 0 Å². The van der Waals surface area contributed by atoms with Crippen LogP contribution in [0.3, 0.4) is 0 Å². The molecular formula is C5H5O3PS. The fraction of sp³-hybridized carbons (Fsp3) is 0.200. The van der Waals surface area contributed by atoms with E-state index in [1.165, 1.54) is 13.4 Å². The molecule has 0 aromatic carbocycles. The number of allylic oxidation sites excluding steroid dienone is 1. The zero-order valence-electron chi connectivity index (χ0n) is 5.23. The minimum absolute atomic E-state index is 0.296. The van der Waals surface area contributed by atoms with Gasteiger partial charge in [-0.05, 0) is 5.92 Å². The summed E-state index contributed by atoms with van der Waals surface area (Å²) in [6, 6.07) is 0. The Balaban J connectivity index is 2.70. The Morgan fingerprint density at radius 3 is 2.90 bits per heavy atom. The fourth-order valence-corrected chi connectivity index (χ4v) is 1.55. The van der Waals surface area contributed by atoms with Gasteiger partial charge >= 0.3 is 6.72 Å². The van der Waals surface area contributed by atoms with Crippen LogP contribution in [0.5, 0.6) is 0 Å². The van der Waals surface area contributed by atoms with Gasteiger partial charge in [-0.15, -0.1) is 6.42 Å². The predicted molar refractivity (Wildman–Crippen MR) is 40.4 cm³/mol. The fourth-order valence-electron chi connectivity index (χ4n) is 0.417. The average molecular weight is 176 g/mol. The van der Waals surface area contributed by atoms with Gasteiger partial charge in [-0.2, -0.15) is 0 Å². The molecule has 1 aliphatic rings. The molecular weight excluding hydrogens is 171 g/mol. The molecule has 0 saturated heterocycles. The van der Waals surface area contributed by atoms with E-state index in [9.17, 15) is 0 Å². The molecule has 0 aromatic heterocycles. The number of rotatable bonds is 1. The van der Waals surface area contributed by atoms with Crippen molar-refractivity contribution in [3.8, 4) is 12.3 Å². The summed E-state index contributed by atoms with van der Waals surface area (Å²) in [5.41, 5.74) is 0. The predicted octanol–water partition coefficient (Wildman–Crippen LogP) is 1.38. The largest absolute Gasteiger partial charge is 0.434 e. The quantitative estimate of drug-likeness (QED) is 0.445. The third-order valence-corrected chi connectivity index (χ3v) is 3.03. The Labute approximate surface area is 64.2 Å². The van der Waals surface area contributed by atoms with Crippen LogP contribution in [0, 0.1) is 12.3 Å². The lowest BCUT2D eigenvalue weighted by Crippen LogP contribution is -1.83. The minimum atomic E-state index is -2.53. The van der Waals surface area contributed by atoms with Gasteiger partial charge in [0.1, 0.15) is 6.26 Å². The Kier molecular flexibility index (Phi) is 2.00. The first-order chi connectivity index (χ1) is 4.70. The molecule has 0 fully saturated rings. The van der Waals surface area contributed by atoms with Crippen LogP contribution < -0.4 is 0 Å².